The zero-order valence-corrected chi connectivity index (χ0v) is 18.0. The van der Waals surface area contributed by atoms with Crippen molar-refractivity contribution in [2.75, 3.05) is 0 Å². The van der Waals surface area contributed by atoms with Gasteiger partial charge in [-0.05, 0) is 28.8 Å². The fraction of sp³-hybridized carbons (Fsp3) is 0.120. The molecule has 36 heavy (non-hydrogen) atoms. The van der Waals surface area contributed by atoms with E-state index >= 15 is 0 Å². The molecule has 178 valence electrons. The minimum Gasteiger partial charge on any atom is -0.504 e. The van der Waals surface area contributed by atoms with Crippen LogP contribution in [0, 0.1) is 45.3 Å². The van der Waals surface area contributed by atoms with Crippen molar-refractivity contribution in [2.24, 2.45) is 0 Å². The monoisotopic (exact) mass is 490 g/mol. The van der Waals surface area contributed by atoms with Crippen molar-refractivity contribution in [1.82, 2.24) is 0 Å². The third-order valence-corrected chi connectivity index (χ3v) is 5.51. The van der Waals surface area contributed by atoms with Gasteiger partial charge in [-0.3, -0.25) is 0 Å². The molecular formula is C25H13F3N4O4. The van der Waals surface area contributed by atoms with E-state index in [4.69, 9.17) is 0 Å². The minimum absolute atomic E-state index is 0.106. The van der Waals surface area contributed by atoms with Gasteiger partial charge in [0.25, 0.3) is 0 Å². The zero-order valence-electron chi connectivity index (χ0n) is 18.0. The number of nitrogens with zero attached hydrogens (tertiary/aromatic N) is 4. The molecule has 0 amide bonds. The summed E-state index contributed by atoms with van der Waals surface area (Å²) < 4.78 is 38.7. The molecule has 3 aromatic rings. The van der Waals surface area contributed by atoms with E-state index in [0.29, 0.717) is 0 Å². The fourth-order valence-corrected chi connectivity index (χ4v) is 3.73. The summed E-state index contributed by atoms with van der Waals surface area (Å²) in [5, 5.41) is 79.2. The summed E-state index contributed by atoms with van der Waals surface area (Å²) in [5.41, 5.74) is -2.82. The first-order valence-electron chi connectivity index (χ1n) is 9.92. The van der Waals surface area contributed by atoms with Crippen LogP contribution >= 0.6 is 0 Å². The molecule has 3 rings (SSSR count). The molecular weight excluding hydrogens is 477 g/mol. The van der Waals surface area contributed by atoms with Crippen LogP contribution in [-0.2, 0) is 19.0 Å². The van der Waals surface area contributed by atoms with Crippen molar-refractivity contribution in [1.29, 1.82) is 21.0 Å². The predicted octanol–water partition coefficient (Wildman–Crippen LogP) is 4.20. The van der Waals surface area contributed by atoms with Gasteiger partial charge in [0, 0.05) is 24.5 Å². The van der Waals surface area contributed by atoms with Gasteiger partial charge in [0.05, 0.1) is 28.8 Å². The van der Waals surface area contributed by atoms with Crippen LogP contribution in [0.25, 0.3) is 0 Å². The molecule has 0 saturated carbocycles. The van der Waals surface area contributed by atoms with E-state index < -0.39 is 52.3 Å². The zero-order chi connectivity index (χ0) is 26.8. The van der Waals surface area contributed by atoms with E-state index in [1.54, 1.807) is 24.3 Å². The third kappa shape index (κ3) is 4.37. The summed E-state index contributed by atoms with van der Waals surface area (Å²) in [4.78, 5) is 0. The van der Waals surface area contributed by atoms with E-state index in [2.05, 4.69) is 0 Å². The number of hydrogen-bond donors (Lipinski definition) is 4. The molecule has 4 N–H and O–H groups in total. The number of rotatable bonds is 4. The van der Waals surface area contributed by atoms with Crippen LogP contribution in [0.4, 0.5) is 13.2 Å². The van der Waals surface area contributed by atoms with Gasteiger partial charge >= 0.3 is 6.18 Å². The molecule has 0 aliphatic carbocycles. The third-order valence-electron chi connectivity index (χ3n) is 5.51. The van der Waals surface area contributed by atoms with Crippen molar-refractivity contribution >= 4 is 0 Å². The lowest BCUT2D eigenvalue weighted by atomic mass is 9.86. The van der Waals surface area contributed by atoms with Gasteiger partial charge in [-0.2, -0.15) is 34.2 Å². The van der Waals surface area contributed by atoms with E-state index in [9.17, 15) is 54.6 Å². The van der Waals surface area contributed by atoms with Crippen LogP contribution in [-0.4, -0.2) is 20.4 Å². The van der Waals surface area contributed by atoms with E-state index in [1.165, 1.54) is 0 Å². The maximum absolute atomic E-state index is 12.9. The van der Waals surface area contributed by atoms with Gasteiger partial charge in [-0.25, -0.2) is 0 Å². The molecule has 0 spiro atoms. The molecule has 0 heterocycles. The first-order chi connectivity index (χ1) is 17.0. The average molecular weight is 490 g/mol. The Morgan fingerprint density at radius 2 is 1.19 bits per heavy atom. The normalized spacial score (nSPS) is 10.6. The second-order valence-electron chi connectivity index (χ2n) is 7.55. The summed E-state index contributed by atoms with van der Waals surface area (Å²) in [7, 11) is 0. The van der Waals surface area contributed by atoms with Gasteiger partial charge in [-0.1, -0.05) is 12.1 Å². The summed E-state index contributed by atoms with van der Waals surface area (Å²) in [6, 6.07) is 11.6. The van der Waals surface area contributed by atoms with Gasteiger partial charge in [-0.15, -0.1) is 0 Å². The molecule has 3 aromatic carbocycles. The molecule has 11 heteroatoms. The molecule has 0 bridgehead atoms. The Balaban J connectivity index is 2.25. The molecule has 0 aromatic heterocycles. The number of alkyl halides is 3. The van der Waals surface area contributed by atoms with Crippen molar-refractivity contribution in [3.63, 3.8) is 0 Å². The lowest BCUT2D eigenvalue weighted by Crippen LogP contribution is -2.07. The highest BCUT2D eigenvalue weighted by molar-refractivity contribution is 5.69. The van der Waals surface area contributed by atoms with Crippen molar-refractivity contribution in [3.8, 4) is 47.3 Å². The lowest BCUT2D eigenvalue weighted by molar-refractivity contribution is -0.137. The Hall–Kier alpha value is -5.39. The van der Waals surface area contributed by atoms with Gasteiger partial charge in [0.1, 0.15) is 23.3 Å². The van der Waals surface area contributed by atoms with Gasteiger partial charge < -0.3 is 20.4 Å². The Bertz CT molecular complexity index is 1550. The second kappa shape index (κ2) is 9.46. The van der Waals surface area contributed by atoms with Gasteiger partial charge in [0.15, 0.2) is 23.0 Å². The number of phenols is 4. The number of nitriles is 4. The molecule has 0 aliphatic rings. The SMILES string of the molecule is N#Cc1cc(O)c(O)c(C#N)c1Cc1c(O)c(O)c(C#N)c(Cc2ccc(C(F)(F)F)cc2)c1C#N. The van der Waals surface area contributed by atoms with Crippen molar-refractivity contribution < 1.29 is 33.6 Å². The lowest BCUT2D eigenvalue weighted by Gasteiger charge is -2.17. The van der Waals surface area contributed by atoms with Crippen LogP contribution in [0.3, 0.4) is 0 Å². The molecule has 0 atom stereocenters. The molecule has 0 saturated heterocycles. The van der Waals surface area contributed by atoms with Crippen molar-refractivity contribution in [3.05, 3.63) is 80.4 Å². The number of phenolic OH excluding ortho intramolecular Hbond substituents is 4. The largest absolute Gasteiger partial charge is 0.504 e. The maximum atomic E-state index is 12.9. The predicted molar refractivity (Wildman–Crippen MR) is 115 cm³/mol. The van der Waals surface area contributed by atoms with Crippen LogP contribution in [0.5, 0.6) is 23.0 Å². The van der Waals surface area contributed by atoms with Crippen LogP contribution in [0.2, 0.25) is 0 Å². The summed E-state index contributed by atoms with van der Waals surface area (Å²) in [6.07, 6.45) is -5.40. The molecule has 0 radical (unpaired) electrons. The van der Waals surface area contributed by atoms with Crippen LogP contribution < -0.4 is 0 Å². The number of hydrogen-bond acceptors (Lipinski definition) is 8. The fourth-order valence-electron chi connectivity index (χ4n) is 3.73. The summed E-state index contributed by atoms with van der Waals surface area (Å²) >= 11 is 0. The van der Waals surface area contributed by atoms with Crippen LogP contribution in [0.1, 0.15) is 50.1 Å². The topological polar surface area (TPSA) is 176 Å². The number of aromatic hydroxyl groups is 4. The molecule has 0 fully saturated rings. The first kappa shape index (κ1) is 25.2. The van der Waals surface area contributed by atoms with E-state index in [0.717, 1.165) is 30.3 Å². The molecule has 8 nitrogen and oxygen atoms in total. The molecule has 0 aliphatic heterocycles. The minimum atomic E-state index is -4.58. The second-order valence-corrected chi connectivity index (χ2v) is 7.55. The quantitative estimate of drug-likeness (QED) is 0.393. The summed E-state index contributed by atoms with van der Waals surface area (Å²) in [5.74, 6) is -3.39. The highest BCUT2D eigenvalue weighted by Gasteiger charge is 2.30. The average Bonchev–Trinajstić information content (AvgIpc) is 2.84. The standard InChI is InChI=1S/C25H13F3N4O4/c26-25(27,28)14-3-1-12(2-4-14)5-16-18(9-30)17(23(35)24(36)20(16)11-32)7-15-13(8-29)6-21(33)22(34)19(15)10-31/h1-4,6,33-36H,5,7H2. The number of benzene rings is 3. The molecule has 0 unspecified atom stereocenters. The van der Waals surface area contributed by atoms with E-state index in [-0.39, 0.29) is 39.8 Å². The Morgan fingerprint density at radius 3 is 1.69 bits per heavy atom. The highest BCUT2D eigenvalue weighted by Crippen LogP contribution is 2.42. The summed E-state index contributed by atoms with van der Waals surface area (Å²) in [6.45, 7) is 0. The smallest absolute Gasteiger partial charge is 0.416 e. The maximum Gasteiger partial charge on any atom is 0.416 e. The van der Waals surface area contributed by atoms with Crippen LogP contribution in [0.15, 0.2) is 30.3 Å². The van der Waals surface area contributed by atoms with Crippen molar-refractivity contribution in [2.45, 2.75) is 19.0 Å². The highest BCUT2D eigenvalue weighted by atomic mass is 19.4. The Morgan fingerprint density at radius 1 is 0.639 bits per heavy atom. The first-order valence-corrected chi connectivity index (χ1v) is 9.92. The Labute approximate surface area is 201 Å². The Kier molecular flexibility index (Phi) is 6.63. The van der Waals surface area contributed by atoms with Gasteiger partial charge in [0.2, 0.25) is 0 Å². The van der Waals surface area contributed by atoms with E-state index in [1.807, 2.05) is 0 Å². The number of halogens is 3.